The average Bonchev–Trinajstić information content (AvgIpc) is 3.39. The fourth-order valence-corrected chi connectivity index (χ4v) is 5.67. The lowest BCUT2D eigenvalue weighted by atomic mass is 10.1. The third-order valence-electron chi connectivity index (χ3n) is 5.89. The number of para-hydroxylation sites is 1. The third kappa shape index (κ3) is 2.67. The number of thiophene rings is 1. The normalized spacial score (nSPS) is 12.2. The van der Waals surface area contributed by atoms with Gasteiger partial charge in [0.2, 0.25) is 0 Å². The third-order valence-corrected chi connectivity index (χ3v) is 7.08. The van der Waals surface area contributed by atoms with Gasteiger partial charge in [-0.2, -0.15) is 0 Å². The lowest BCUT2D eigenvalue weighted by Crippen LogP contribution is -1.94. The summed E-state index contributed by atoms with van der Waals surface area (Å²) in [5, 5.41) is 3.61. The van der Waals surface area contributed by atoms with E-state index in [2.05, 4.69) is 95.7 Å². The van der Waals surface area contributed by atoms with Crippen LogP contribution in [0.15, 0.2) is 103 Å². The van der Waals surface area contributed by atoms with E-state index < -0.39 is 0 Å². The standard InChI is InChI=1S/C28H19N3S/c1-3-8-23(29-2)18-13-15-19(16-14-18)31-24-11-6-4-10-21(24)26-27(31)28-22(17-30-26)20-9-5-7-12-25(20)32-28/h3-17H,1-2H2/b23-8-. The Morgan fingerprint density at radius 3 is 2.44 bits per heavy atom. The minimum absolute atomic E-state index is 0.808. The van der Waals surface area contributed by atoms with Crippen LogP contribution in [-0.2, 0) is 0 Å². The van der Waals surface area contributed by atoms with E-state index in [0.29, 0.717) is 0 Å². The van der Waals surface area contributed by atoms with Gasteiger partial charge in [0.1, 0.15) is 0 Å². The number of benzene rings is 3. The molecule has 0 bridgehead atoms. The van der Waals surface area contributed by atoms with Crippen LogP contribution in [0, 0.1) is 0 Å². The van der Waals surface area contributed by atoms with Crippen molar-refractivity contribution in [3.05, 3.63) is 103 Å². The summed E-state index contributed by atoms with van der Waals surface area (Å²) < 4.78 is 4.87. The van der Waals surface area contributed by atoms with Crippen molar-refractivity contribution in [1.29, 1.82) is 0 Å². The molecule has 0 N–H and O–H groups in total. The van der Waals surface area contributed by atoms with E-state index in [1.54, 1.807) is 6.08 Å². The summed E-state index contributed by atoms with van der Waals surface area (Å²) in [6.07, 6.45) is 5.63. The van der Waals surface area contributed by atoms with Crippen LogP contribution in [-0.4, -0.2) is 16.3 Å². The number of rotatable bonds is 4. The fraction of sp³-hybridized carbons (Fsp3) is 0. The molecule has 0 unspecified atom stereocenters. The van der Waals surface area contributed by atoms with Crippen molar-refractivity contribution in [3.8, 4) is 5.69 Å². The SMILES string of the molecule is C=C/C=C(\N=C)c1ccc(-n2c3ccccc3c3ncc4c5ccccc5sc4c32)cc1. The first-order chi connectivity index (χ1) is 15.8. The van der Waals surface area contributed by atoms with Crippen LogP contribution in [0.3, 0.4) is 0 Å². The quantitative estimate of drug-likeness (QED) is 0.208. The van der Waals surface area contributed by atoms with Gasteiger partial charge in [0.25, 0.3) is 0 Å². The van der Waals surface area contributed by atoms with Crippen LogP contribution in [0.1, 0.15) is 5.56 Å². The summed E-state index contributed by atoms with van der Waals surface area (Å²) in [7, 11) is 0. The number of nitrogens with zero attached hydrogens (tertiary/aromatic N) is 3. The molecule has 3 heterocycles. The van der Waals surface area contributed by atoms with Crippen molar-refractivity contribution < 1.29 is 0 Å². The van der Waals surface area contributed by atoms with Crippen molar-refractivity contribution >= 4 is 65.9 Å². The highest BCUT2D eigenvalue weighted by molar-refractivity contribution is 7.26. The van der Waals surface area contributed by atoms with Gasteiger partial charge in [0, 0.05) is 38.3 Å². The molecule has 3 aromatic heterocycles. The number of hydrogen-bond donors (Lipinski definition) is 0. The number of aromatic nitrogens is 2. The Balaban J connectivity index is 1.70. The second-order valence-electron chi connectivity index (χ2n) is 7.64. The smallest absolute Gasteiger partial charge is 0.0978 e. The second-order valence-corrected chi connectivity index (χ2v) is 8.69. The Bertz CT molecular complexity index is 1700. The van der Waals surface area contributed by atoms with Gasteiger partial charge in [0.15, 0.2) is 0 Å². The molecule has 0 amide bonds. The van der Waals surface area contributed by atoms with Crippen LogP contribution in [0.5, 0.6) is 0 Å². The van der Waals surface area contributed by atoms with Gasteiger partial charge in [-0.05, 0) is 37.1 Å². The second kappa shape index (κ2) is 7.29. The van der Waals surface area contributed by atoms with E-state index >= 15 is 0 Å². The topological polar surface area (TPSA) is 30.2 Å². The van der Waals surface area contributed by atoms with E-state index in [9.17, 15) is 0 Å². The Morgan fingerprint density at radius 1 is 0.906 bits per heavy atom. The maximum absolute atomic E-state index is 4.93. The maximum Gasteiger partial charge on any atom is 0.0978 e. The highest BCUT2D eigenvalue weighted by atomic mass is 32.1. The first-order valence-electron chi connectivity index (χ1n) is 10.4. The van der Waals surface area contributed by atoms with Gasteiger partial charge in [-0.3, -0.25) is 9.98 Å². The Morgan fingerprint density at radius 2 is 1.66 bits per heavy atom. The molecule has 4 heteroatoms. The highest BCUT2D eigenvalue weighted by Gasteiger charge is 2.18. The number of allylic oxidation sites excluding steroid dienone is 2. The van der Waals surface area contributed by atoms with Crippen molar-refractivity contribution in [1.82, 2.24) is 9.55 Å². The lowest BCUT2D eigenvalue weighted by molar-refractivity contribution is 1.18. The van der Waals surface area contributed by atoms with Gasteiger partial charge >= 0.3 is 0 Å². The molecule has 0 saturated carbocycles. The molecular formula is C28H19N3S. The Kier molecular flexibility index (Phi) is 4.27. The van der Waals surface area contributed by atoms with Gasteiger partial charge in [-0.1, -0.05) is 61.2 Å². The molecule has 152 valence electrons. The zero-order chi connectivity index (χ0) is 21.7. The summed E-state index contributed by atoms with van der Waals surface area (Å²) in [6.45, 7) is 7.46. The lowest BCUT2D eigenvalue weighted by Gasteiger charge is -2.09. The summed E-state index contributed by atoms with van der Waals surface area (Å²) in [5.41, 5.74) is 6.24. The molecule has 0 aliphatic heterocycles. The number of hydrogen-bond acceptors (Lipinski definition) is 3. The molecular weight excluding hydrogens is 410 g/mol. The first kappa shape index (κ1) is 18.7. The van der Waals surface area contributed by atoms with Crippen molar-refractivity contribution in [2.24, 2.45) is 4.99 Å². The number of aliphatic imine (C=N–C) groups is 1. The zero-order valence-electron chi connectivity index (χ0n) is 17.3. The van der Waals surface area contributed by atoms with Crippen molar-refractivity contribution in [2.45, 2.75) is 0 Å². The predicted molar refractivity (Wildman–Crippen MR) is 139 cm³/mol. The van der Waals surface area contributed by atoms with E-state index in [1.807, 2.05) is 23.6 Å². The van der Waals surface area contributed by atoms with Gasteiger partial charge in [-0.25, -0.2) is 0 Å². The van der Waals surface area contributed by atoms with Gasteiger partial charge in [0.05, 0.1) is 26.9 Å². The maximum atomic E-state index is 4.93. The van der Waals surface area contributed by atoms with Crippen LogP contribution in [0.2, 0.25) is 0 Å². The van der Waals surface area contributed by atoms with E-state index in [-0.39, 0.29) is 0 Å². The molecule has 0 aliphatic carbocycles. The minimum atomic E-state index is 0.808. The number of pyridine rings is 1. The van der Waals surface area contributed by atoms with Crippen LogP contribution in [0.4, 0.5) is 0 Å². The molecule has 3 aromatic carbocycles. The predicted octanol–water partition coefficient (Wildman–Crippen LogP) is 7.77. The van der Waals surface area contributed by atoms with Crippen LogP contribution in [0.25, 0.3) is 53.5 Å². The Labute approximate surface area is 189 Å². The summed E-state index contributed by atoms with van der Waals surface area (Å²) >= 11 is 1.83. The van der Waals surface area contributed by atoms with E-state index in [1.165, 1.54) is 20.2 Å². The first-order valence-corrected chi connectivity index (χ1v) is 11.2. The van der Waals surface area contributed by atoms with Crippen molar-refractivity contribution in [3.63, 3.8) is 0 Å². The molecule has 0 aliphatic rings. The van der Waals surface area contributed by atoms with Crippen LogP contribution < -0.4 is 0 Å². The molecule has 0 radical (unpaired) electrons. The molecule has 0 fully saturated rings. The Hall–Kier alpha value is -4.02. The van der Waals surface area contributed by atoms with Gasteiger partial charge < -0.3 is 4.57 Å². The van der Waals surface area contributed by atoms with Crippen molar-refractivity contribution in [2.75, 3.05) is 0 Å². The summed E-state index contributed by atoms with van der Waals surface area (Å²) in [5.74, 6) is 0. The molecule has 0 spiro atoms. The summed E-state index contributed by atoms with van der Waals surface area (Å²) in [4.78, 5) is 9.06. The largest absolute Gasteiger partial charge is 0.306 e. The van der Waals surface area contributed by atoms with Crippen LogP contribution >= 0.6 is 11.3 Å². The average molecular weight is 430 g/mol. The molecule has 3 nitrogen and oxygen atoms in total. The molecule has 6 aromatic rings. The summed E-state index contributed by atoms with van der Waals surface area (Å²) in [6, 6.07) is 25.5. The van der Waals surface area contributed by atoms with E-state index in [4.69, 9.17) is 4.98 Å². The number of fused-ring (bicyclic) bond motifs is 7. The molecule has 0 atom stereocenters. The molecule has 0 saturated heterocycles. The van der Waals surface area contributed by atoms with Gasteiger partial charge in [-0.15, -0.1) is 11.3 Å². The minimum Gasteiger partial charge on any atom is -0.306 e. The molecule has 6 rings (SSSR count). The monoisotopic (exact) mass is 429 g/mol. The fourth-order valence-electron chi connectivity index (χ4n) is 4.46. The van der Waals surface area contributed by atoms with E-state index in [0.717, 1.165) is 38.9 Å². The molecule has 32 heavy (non-hydrogen) atoms. The zero-order valence-corrected chi connectivity index (χ0v) is 18.1. The highest BCUT2D eigenvalue weighted by Crippen LogP contribution is 2.41.